The Balaban J connectivity index is 4.30. The van der Waals surface area contributed by atoms with Crippen molar-refractivity contribution < 1.29 is 4.79 Å². The average Bonchev–Trinajstić information content (AvgIpc) is 2.30. The van der Waals surface area contributed by atoms with Crippen LogP contribution in [-0.2, 0) is 4.79 Å². The summed E-state index contributed by atoms with van der Waals surface area (Å²) < 4.78 is 0. The second kappa shape index (κ2) is 9.05. The van der Waals surface area contributed by atoms with Crippen LogP contribution in [0.5, 0.6) is 0 Å². The van der Waals surface area contributed by atoms with Gasteiger partial charge >= 0.3 is 0 Å². The summed E-state index contributed by atoms with van der Waals surface area (Å²) in [4.78, 5) is 13.3. The fraction of sp³-hybridized carbons (Fsp3) is 0.636. The van der Waals surface area contributed by atoms with Gasteiger partial charge < -0.3 is 10.2 Å². The molecule has 1 N–H and O–H groups in total. The third-order valence-electron chi connectivity index (χ3n) is 1.96. The molecule has 0 aromatic heterocycles. The summed E-state index contributed by atoms with van der Waals surface area (Å²) in [5, 5.41) is 11.4. The molecule has 5 heteroatoms. The van der Waals surface area contributed by atoms with E-state index in [0.717, 1.165) is 19.4 Å². The van der Waals surface area contributed by atoms with E-state index in [0.29, 0.717) is 12.4 Å². The maximum Gasteiger partial charge on any atom is 0.263 e. The molecule has 0 spiro atoms. The number of carbonyl (C=O) groups excluding carboxylic acids is 1. The molecule has 0 unspecified atom stereocenters. The molecule has 0 aliphatic heterocycles. The number of nitriles is 1. The monoisotopic (exact) mass is 243 g/mol. The van der Waals surface area contributed by atoms with Crippen molar-refractivity contribution in [3.63, 3.8) is 0 Å². The van der Waals surface area contributed by atoms with Crippen molar-refractivity contribution in [1.29, 1.82) is 5.26 Å². The van der Waals surface area contributed by atoms with E-state index < -0.39 is 0 Å². The zero-order chi connectivity index (χ0) is 12.4. The molecule has 0 atom stereocenters. The maximum atomic E-state index is 11.5. The van der Waals surface area contributed by atoms with Crippen molar-refractivity contribution in [2.24, 2.45) is 0 Å². The zero-order valence-corrected chi connectivity index (χ0v) is 10.5. The molecular formula is C11H18ClN3O. The van der Waals surface area contributed by atoms with Crippen LogP contribution in [-0.4, -0.2) is 36.8 Å². The molecule has 0 radical (unpaired) electrons. The van der Waals surface area contributed by atoms with E-state index in [1.807, 2.05) is 18.0 Å². The topological polar surface area (TPSA) is 56.1 Å². The smallest absolute Gasteiger partial charge is 0.263 e. The Morgan fingerprint density at radius 2 is 2.31 bits per heavy atom. The van der Waals surface area contributed by atoms with Crippen LogP contribution in [0.25, 0.3) is 0 Å². The van der Waals surface area contributed by atoms with Gasteiger partial charge in [0.25, 0.3) is 5.91 Å². The van der Waals surface area contributed by atoms with Gasteiger partial charge in [-0.25, -0.2) is 0 Å². The molecule has 0 aromatic carbocycles. The number of alkyl halides is 1. The van der Waals surface area contributed by atoms with Crippen LogP contribution in [0.2, 0.25) is 0 Å². The predicted molar refractivity (Wildman–Crippen MR) is 65.0 cm³/mol. The van der Waals surface area contributed by atoms with Crippen molar-refractivity contribution in [2.45, 2.75) is 19.8 Å². The molecule has 0 rings (SSSR count). The minimum absolute atomic E-state index is 0.115. The van der Waals surface area contributed by atoms with Gasteiger partial charge in [0.15, 0.2) is 0 Å². The van der Waals surface area contributed by atoms with Crippen LogP contribution in [0.3, 0.4) is 0 Å². The normalized spacial score (nSPS) is 10.8. The van der Waals surface area contributed by atoms with Gasteiger partial charge in [-0.05, 0) is 6.42 Å². The number of hydrogen-bond donors (Lipinski definition) is 1. The summed E-state index contributed by atoms with van der Waals surface area (Å²) in [6, 6.07) is 1.88. The Labute approximate surface area is 102 Å². The van der Waals surface area contributed by atoms with E-state index >= 15 is 0 Å². The molecule has 0 aliphatic carbocycles. The third-order valence-corrected chi connectivity index (χ3v) is 2.15. The zero-order valence-electron chi connectivity index (χ0n) is 9.79. The van der Waals surface area contributed by atoms with Gasteiger partial charge in [0.05, 0.1) is 0 Å². The molecule has 0 heterocycles. The molecule has 0 saturated heterocycles. The lowest BCUT2D eigenvalue weighted by atomic mass is 10.2. The molecule has 1 amide bonds. The van der Waals surface area contributed by atoms with Crippen molar-refractivity contribution in [1.82, 2.24) is 10.2 Å². The fourth-order valence-electron chi connectivity index (χ4n) is 1.09. The van der Waals surface area contributed by atoms with Crippen molar-refractivity contribution in [3.05, 3.63) is 11.8 Å². The lowest BCUT2D eigenvalue weighted by Gasteiger charge is -2.13. The Hall–Kier alpha value is -1.21. The van der Waals surface area contributed by atoms with Crippen LogP contribution < -0.4 is 5.32 Å². The number of unbranched alkanes of at least 4 members (excludes halogenated alkanes) is 1. The Bertz CT molecular complexity index is 283. The largest absolute Gasteiger partial charge is 0.379 e. The van der Waals surface area contributed by atoms with Gasteiger partial charge in [0.1, 0.15) is 11.6 Å². The Morgan fingerprint density at radius 3 is 2.81 bits per heavy atom. The molecule has 4 nitrogen and oxygen atoms in total. The summed E-state index contributed by atoms with van der Waals surface area (Å²) >= 11 is 5.44. The molecular weight excluding hydrogens is 226 g/mol. The highest BCUT2D eigenvalue weighted by Gasteiger charge is 2.08. The van der Waals surface area contributed by atoms with Crippen LogP contribution in [0, 0.1) is 11.3 Å². The number of carbonyl (C=O) groups is 1. The first-order valence-corrected chi connectivity index (χ1v) is 5.85. The highest BCUT2D eigenvalue weighted by atomic mass is 35.5. The number of halogens is 1. The first-order valence-electron chi connectivity index (χ1n) is 5.32. The number of amides is 1. The minimum Gasteiger partial charge on any atom is -0.379 e. The number of nitrogens with zero attached hydrogens (tertiary/aromatic N) is 2. The van der Waals surface area contributed by atoms with E-state index in [1.54, 1.807) is 6.20 Å². The van der Waals surface area contributed by atoms with Crippen LogP contribution >= 0.6 is 11.6 Å². The van der Waals surface area contributed by atoms with Crippen molar-refractivity contribution >= 4 is 17.5 Å². The SMILES string of the molecule is CCCCN(C)/C=C(/C#N)C(=O)NCCCl. The molecule has 0 aliphatic rings. The molecule has 0 fully saturated rings. The fourth-order valence-corrected chi connectivity index (χ4v) is 1.18. The van der Waals surface area contributed by atoms with Gasteiger partial charge in [-0.3, -0.25) is 4.79 Å². The van der Waals surface area contributed by atoms with Crippen LogP contribution in [0.4, 0.5) is 0 Å². The van der Waals surface area contributed by atoms with Gasteiger partial charge in [-0.1, -0.05) is 13.3 Å². The second-order valence-corrected chi connectivity index (χ2v) is 3.81. The summed E-state index contributed by atoms with van der Waals surface area (Å²) in [7, 11) is 1.85. The van der Waals surface area contributed by atoms with E-state index in [-0.39, 0.29) is 11.5 Å². The summed E-state index contributed by atoms with van der Waals surface area (Å²) in [6.45, 7) is 3.30. The minimum atomic E-state index is -0.369. The van der Waals surface area contributed by atoms with E-state index in [9.17, 15) is 4.79 Å². The number of rotatable bonds is 7. The first kappa shape index (κ1) is 14.8. The van der Waals surface area contributed by atoms with E-state index in [1.165, 1.54) is 0 Å². The van der Waals surface area contributed by atoms with E-state index in [2.05, 4.69) is 12.2 Å². The lowest BCUT2D eigenvalue weighted by Crippen LogP contribution is -2.27. The highest BCUT2D eigenvalue weighted by molar-refractivity contribution is 6.18. The van der Waals surface area contributed by atoms with Gasteiger partial charge in [-0.2, -0.15) is 5.26 Å². The highest BCUT2D eigenvalue weighted by Crippen LogP contribution is 1.98. The lowest BCUT2D eigenvalue weighted by molar-refractivity contribution is -0.117. The Kier molecular flexibility index (Phi) is 8.36. The average molecular weight is 244 g/mol. The molecule has 0 bridgehead atoms. The van der Waals surface area contributed by atoms with E-state index in [4.69, 9.17) is 16.9 Å². The molecule has 0 saturated carbocycles. The van der Waals surface area contributed by atoms with Gasteiger partial charge in [0, 0.05) is 32.2 Å². The van der Waals surface area contributed by atoms with Crippen molar-refractivity contribution in [2.75, 3.05) is 26.0 Å². The number of hydrogen-bond acceptors (Lipinski definition) is 3. The summed E-state index contributed by atoms with van der Waals surface area (Å²) in [5.41, 5.74) is 0.115. The molecule has 90 valence electrons. The predicted octanol–water partition coefficient (Wildman–Crippen LogP) is 1.48. The van der Waals surface area contributed by atoms with Gasteiger partial charge in [0.2, 0.25) is 0 Å². The maximum absolute atomic E-state index is 11.5. The standard InChI is InChI=1S/C11H18ClN3O/c1-3-4-7-15(2)9-10(8-13)11(16)14-6-5-12/h9H,3-7H2,1-2H3,(H,14,16)/b10-9-. The second-order valence-electron chi connectivity index (χ2n) is 3.43. The summed E-state index contributed by atoms with van der Waals surface area (Å²) in [6.07, 6.45) is 3.69. The van der Waals surface area contributed by atoms with Crippen LogP contribution in [0.15, 0.2) is 11.8 Å². The third kappa shape index (κ3) is 6.31. The first-order chi connectivity index (χ1) is 7.65. The summed E-state index contributed by atoms with van der Waals surface area (Å²) in [5.74, 6) is -0.0256. The Morgan fingerprint density at radius 1 is 1.62 bits per heavy atom. The quantitative estimate of drug-likeness (QED) is 0.419. The van der Waals surface area contributed by atoms with Gasteiger partial charge in [-0.15, -0.1) is 11.6 Å². The van der Waals surface area contributed by atoms with Crippen molar-refractivity contribution in [3.8, 4) is 6.07 Å². The molecule has 0 aromatic rings. The molecule has 16 heavy (non-hydrogen) atoms. The van der Waals surface area contributed by atoms with Crippen LogP contribution in [0.1, 0.15) is 19.8 Å². The number of nitrogens with one attached hydrogen (secondary N) is 1.